The van der Waals surface area contributed by atoms with Gasteiger partial charge in [0.05, 0.1) is 12.5 Å². The summed E-state index contributed by atoms with van der Waals surface area (Å²) >= 11 is 0. The van der Waals surface area contributed by atoms with E-state index in [9.17, 15) is 9.18 Å². The van der Waals surface area contributed by atoms with Crippen LogP contribution in [0.25, 0.3) is 0 Å². The Morgan fingerprint density at radius 2 is 1.88 bits per heavy atom. The summed E-state index contributed by atoms with van der Waals surface area (Å²) in [5.41, 5.74) is 1.76. The van der Waals surface area contributed by atoms with Crippen LogP contribution in [0.4, 0.5) is 4.39 Å². The van der Waals surface area contributed by atoms with Gasteiger partial charge in [-0.05, 0) is 49.7 Å². The number of nitrogens with zero attached hydrogens (tertiary/aromatic N) is 1. The van der Waals surface area contributed by atoms with E-state index in [4.69, 9.17) is 14.3 Å². The number of hydrogen-bond acceptors (Lipinski definition) is 4. The monoisotopic (exact) mass is 362 g/mol. The van der Waals surface area contributed by atoms with E-state index in [1.807, 2.05) is 6.07 Å². The van der Waals surface area contributed by atoms with Crippen LogP contribution in [0.5, 0.6) is 0 Å². The molecule has 26 heavy (non-hydrogen) atoms. The van der Waals surface area contributed by atoms with Crippen LogP contribution in [0, 0.1) is 5.82 Å². The third-order valence-corrected chi connectivity index (χ3v) is 4.24. The van der Waals surface area contributed by atoms with Crippen molar-refractivity contribution in [1.82, 2.24) is 10.2 Å². The summed E-state index contributed by atoms with van der Waals surface area (Å²) in [5, 5.41) is 9.85. The fourth-order valence-electron chi connectivity index (χ4n) is 3.03. The lowest BCUT2D eigenvalue weighted by Crippen LogP contribution is -2.42. The van der Waals surface area contributed by atoms with Crippen LogP contribution in [0.1, 0.15) is 36.4 Å². The Labute approximate surface area is 151 Å². The second kappa shape index (κ2) is 10.4. The van der Waals surface area contributed by atoms with Crippen LogP contribution in [0.3, 0.4) is 0 Å². The largest absolute Gasteiger partial charge is 0.483 e. The molecule has 1 unspecified atom stereocenters. The van der Waals surface area contributed by atoms with Crippen LogP contribution in [0.15, 0.2) is 47.3 Å². The molecule has 1 fully saturated rings. The van der Waals surface area contributed by atoms with Gasteiger partial charge in [0.15, 0.2) is 0 Å². The SMILES string of the molecule is O=C(NCc1ccoc1)C(c1ccc(F)cc1)N1CCCCC1.O=CO. The normalized spacial score (nSPS) is 15.4. The number of rotatable bonds is 5. The molecule has 3 rings (SSSR count). The fourth-order valence-corrected chi connectivity index (χ4v) is 3.03. The molecule has 0 aliphatic carbocycles. The number of amides is 1. The number of carbonyl (C=O) groups is 2. The topological polar surface area (TPSA) is 82.8 Å². The van der Waals surface area contributed by atoms with Gasteiger partial charge >= 0.3 is 0 Å². The molecular weight excluding hydrogens is 339 g/mol. The summed E-state index contributed by atoms with van der Waals surface area (Å²) in [6.07, 6.45) is 6.58. The number of nitrogens with one attached hydrogen (secondary N) is 1. The first-order chi connectivity index (χ1) is 12.7. The van der Waals surface area contributed by atoms with E-state index in [0.29, 0.717) is 6.54 Å². The fraction of sp³-hybridized carbons (Fsp3) is 0.368. The molecule has 2 heterocycles. The quantitative estimate of drug-likeness (QED) is 0.799. The lowest BCUT2D eigenvalue weighted by molar-refractivity contribution is -0.127. The number of carbonyl (C=O) groups excluding carboxylic acids is 1. The highest BCUT2D eigenvalue weighted by atomic mass is 19.1. The van der Waals surface area contributed by atoms with Gasteiger partial charge in [-0.3, -0.25) is 14.5 Å². The molecule has 1 amide bonds. The Bertz CT molecular complexity index is 667. The van der Waals surface area contributed by atoms with E-state index in [1.54, 1.807) is 24.7 Å². The first kappa shape index (κ1) is 19.7. The van der Waals surface area contributed by atoms with Crippen molar-refractivity contribution >= 4 is 12.4 Å². The van der Waals surface area contributed by atoms with Gasteiger partial charge in [-0.2, -0.15) is 0 Å². The number of furan rings is 1. The zero-order chi connectivity index (χ0) is 18.8. The van der Waals surface area contributed by atoms with E-state index in [-0.39, 0.29) is 24.2 Å². The van der Waals surface area contributed by atoms with Crippen molar-refractivity contribution in [2.75, 3.05) is 13.1 Å². The lowest BCUT2D eigenvalue weighted by Gasteiger charge is -2.33. The molecule has 2 N–H and O–H groups in total. The lowest BCUT2D eigenvalue weighted by atomic mass is 10.0. The summed E-state index contributed by atoms with van der Waals surface area (Å²) in [4.78, 5) is 23.3. The number of piperidine rings is 1. The van der Waals surface area contributed by atoms with Gasteiger partial charge in [0, 0.05) is 12.1 Å². The van der Waals surface area contributed by atoms with E-state index >= 15 is 0 Å². The molecule has 1 aliphatic heterocycles. The van der Waals surface area contributed by atoms with Crippen LogP contribution in [-0.4, -0.2) is 35.5 Å². The maximum atomic E-state index is 13.2. The Hall–Kier alpha value is -2.67. The second-order valence-corrected chi connectivity index (χ2v) is 6.01. The Balaban J connectivity index is 0.000000758. The Morgan fingerprint density at radius 3 is 2.46 bits per heavy atom. The molecule has 0 radical (unpaired) electrons. The standard InChI is InChI=1S/C18H21FN2O2.CH2O2/c19-16-6-4-15(5-7-16)17(21-9-2-1-3-10-21)18(22)20-12-14-8-11-23-13-14;2-1-3/h4-8,11,13,17H,1-3,9-10,12H2,(H,20,22);1H,(H,2,3). The molecule has 1 aliphatic rings. The van der Waals surface area contributed by atoms with Crippen molar-refractivity contribution in [1.29, 1.82) is 0 Å². The van der Waals surface area contributed by atoms with Crippen LogP contribution in [-0.2, 0) is 16.1 Å². The summed E-state index contributed by atoms with van der Waals surface area (Å²) in [6.45, 7) is 1.96. The zero-order valence-electron chi connectivity index (χ0n) is 14.4. The van der Waals surface area contributed by atoms with Gasteiger partial charge in [-0.15, -0.1) is 0 Å². The number of benzene rings is 1. The summed E-state index contributed by atoms with van der Waals surface area (Å²) < 4.78 is 18.2. The zero-order valence-corrected chi connectivity index (χ0v) is 14.4. The average molecular weight is 362 g/mol. The molecule has 0 bridgehead atoms. The molecule has 1 saturated heterocycles. The van der Waals surface area contributed by atoms with Crippen LogP contribution < -0.4 is 5.32 Å². The summed E-state index contributed by atoms with van der Waals surface area (Å²) in [7, 11) is 0. The van der Waals surface area contributed by atoms with Crippen LogP contribution in [0.2, 0.25) is 0 Å². The average Bonchev–Trinajstić information content (AvgIpc) is 3.17. The predicted octanol–water partition coefficient (Wildman–Crippen LogP) is 2.96. The molecule has 1 aromatic carbocycles. The van der Waals surface area contributed by atoms with Crippen molar-refractivity contribution in [2.45, 2.75) is 31.8 Å². The molecule has 140 valence electrons. The third-order valence-electron chi connectivity index (χ3n) is 4.24. The summed E-state index contributed by atoms with van der Waals surface area (Å²) in [6, 6.07) is 7.68. The summed E-state index contributed by atoms with van der Waals surface area (Å²) in [5.74, 6) is -0.343. The van der Waals surface area contributed by atoms with E-state index in [0.717, 1.165) is 37.1 Å². The van der Waals surface area contributed by atoms with Crippen molar-refractivity contribution < 1.29 is 23.5 Å². The number of carboxylic acid groups (broad SMARTS) is 1. The minimum atomic E-state index is -0.372. The molecular formula is C19H23FN2O4. The molecule has 2 aromatic rings. The Kier molecular flexibility index (Phi) is 7.82. The highest BCUT2D eigenvalue weighted by molar-refractivity contribution is 5.83. The molecule has 6 nitrogen and oxygen atoms in total. The number of likely N-dealkylation sites (tertiary alicyclic amines) is 1. The van der Waals surface area contributed by atoms with Crippen molar-refractivity contribution in [3.63, 3.8) is 0 Å². The van der Waals surface area contributed by atoms with Gasteiger partial charge in [-0.25, -0.2) is 4.39 Å². The first-order valence-corrected chi connectivity index (χ1v) is 8.52. The third kappa shape index (κ3) is 5.70. The van der Waals surface area contributed by atoms with E-state index in [1.165, 1.54) is 18.6 Å². The van der Waals surface area contributed by atoms with Crippen LogP contribution >= 0.6 is 0 Å². The maximum absolute atomic E-state index is 13.2. The molecule has 0 saturated carbocycles. The minimum absolute atomic E-state index is 0.0558. The maximum Gasteiger partial charge on any atom is 0.290 e. The molecule has 7 heteroatoms. The van der Waals surface area contributed by atoms with Gasteiger partial charge in [0.2, 0.25) is 5.91 Å². The van der Waals surface area contributed by atoms with Gasteiger partial charge in [0.1, 0.15) is 11.9 Å². The van der Waals surface area contributed by atoms with Crippen molar-refractivity contribution in [2.24, 2.45) is 0 Å². The minimum Gasteiger partial charge on any atom is -0.483 e. The number of halogens is 1. The predicted molar refractivity (Wildman–Crippen MR) is 93.8 cm³/mol. The van der Waals surface area contributed by atoms with Crippen molar-refractivity contribution in [3.05, 3.63) is 59.8 Å². The molecule has 1 aromatic heterocycles. The highest BCUT2D eigenvalue weighted by Crippen LogP contribution is 2.25. The molecule has 0 spiro atoms. The van der Waals surface area contributed by atoms with E-state index < -0.39 is 0 Å². The van der Waals surface area contributed by atoms with E-state index in [2.05, 4.69) is 10.2 Å². The smallest absolute Gasteiger partial charge is 0.290 e. The highest BCUT2D eigenvalue weighted by Gasteiger charge is 2.28. The van der Waals surface area contributed by atoms with Gasteiger partial charge in [0.25, 0.3) is 6.47 Å². The Morgan fingerprint density at radius 1 is 1.23 bits per heavy atom. The molecule has 1 atom stereocenters. The second-order valence-electron chi connectivity index (χ2n) is 6.01. The van der Waals surface area contributed by atoms with Gasteiger partial charge in [-0.1, -0.05) is 18.6 Å². The van der Waals surface area contributed by atoms with Gasteiger partial charge < -0.3 is 14.8 Å². The first-order valence-electron chi connectivity index (χ1n) is 8.52. The number of hydrogen-bond donors (Lipinski definition) is 2. The van der Waals surface area contributed by atoms with Crippen molar-refractivity contribution in [3.8, 4) is 0 Å².